The molecule has 3 N–H and O–H groups in total. The van der Waals surface area contributed by atoms with E-state index < -0.39 is 28.9 Å². The number of hydrogen-bond donors (Lipinski definition) is 3. The molecule has 53 heavy (non-hydrogen) atoms. The van der Waals surface area contributed by atoms with Gasteiger partial charge in [0, 0.05) is 21.0 Å². The van der Waals surface area contributed by atoms with E-state index in [1.807, 2.05) is 31.2 Å². The number of amides is 3. The normalized spacial score (nSPS) is 14.4. The number of halogens is 1. The van der Waals surface area contributed by atoms with Crippen LogP contribution in [0.4, 0.5) is 15.1 Å². The van der Waals surface area contributed by atoms with Gasteiger partial charge in [0.1, 0.15) is 16.5 Å². The predicted octanol–water partition coefficient (Wildman–Crippen LogP) is 8.87. The van der Waals surface area contributed by atoms with Gasteiger partial charge in [-0.15, -0.1) is 23.1 Å². The lowest BCUT2D eigenvalue weighted by molar-refractivity contribution is -0.116. The van der Waals surface area contributed by atoms with Crippen molar-refractivity contribution in [1.82, 2.24) is 5.32 Å². The van der Waals surface area contributed by atoms with Crippen LogP contribution in [0.2, 0.25) is 0 Å². The van der Waals surface area contributed by atoms with Crippen LogP contribution in [0.3, 0.4) is 0 Å². The number of thioether (sulfide) groups is 1. The van der Waals surface area contributed by atoms with Crippen molar-refractivity contribution < 1.29 is 28.3 Å². The van der Waals surface area contributed by atoms with Gasteiger partial charge in [-0.25, -0.2) is 9.18 Å². The summed E-state index contributed by atoms with van der Waals surface area (Å²) in [5, 5.41) is 8.56. The quantitative estimate of drug-likeness (QED) is 0.0668. The van der Waals surface area contributed by atoms with E-state index in [-0.39, 0.29) is 11.6 Å². The average molecular weight is 748 g/mol. The Morgan fingerprint density at radius 3 is 2.34 bits per heavy atom. The van der Waals surface area contributed by atoms with Crippen molar-refractivity contribution in [2.24, 2.45) is 0 Å². The summed E-state index contributed by atoms with van der Waals surface area (Å²) in [7, 11) is 1.35. The van der Waals surface area contributed by atoms with Crippen molar-refractivity contribution in [2.75, 3.05) is 17.7 Å². The van der Waals surface area contributed by atoms with E-state index in [1.54, 1.807) is 48.5 Å². The molecule has 5 aromatic rings. The molecule has 0 aliphatic heterocycles. The monoisotopic (exact) mass is 747 g/mol. The van der Waals surface area contributed by atoms with E-state index in [0.717, 1.165) is 28.2 Å². The molecule has 1 aliphatic rings. The summed E-state index contributed by atoms with van der Waals surface area (Å²) in [5.41, 5.74) is 3.93. The van der Waals surface area contributed by atoms with E-state index >= 15 is 0 Å². The highest BCUT2D eigenvalue weighted by atomic mass is 32.2. The molecule has 0 fully saturated rings. The lowest BCUT2D eigenvalue weighted by Gasteiger charge is -2.22. The minimum atomic E-state index is -0.586. The number of carbonyl (C=O) groups is 4. The van der Waals surface area contributed by atoms with Gasteiger partial charge in [0.15, 0.2) is 0 Å². The zero-order valence-corrected chi connectivity index (χ0v) is 30.8. The summed E-state index contributed by atoms with van der Waals surface area (Å²) in [4.78, 5) is 55.1. The van der Waals surface area contributed by atoms with E-state index in [1.165, 1.54) is 66.1 Å². The molecule has 2 atom stereocenters. The lowest BCUT2D eigenvalue weighted by Crippen LogP contribution is -2.30. The molecule has 11 heteroatoms. The number of ether oxygens (including phenoxy) is 1. The number of thiophene rings is 1. The van der Waals surface area contributed by atoms with Crippen molar-refractivity contribution in [3.8, 4) is 0 Å². The summed E-state index contributed by atoms with van der Waals surface area (Å²) in [6.07, 6.45) is 4.36. The Morgan fingerprint density at radius 2 is 1.64 bits per heavy atom. The molecule has 0 radical (unpaired) electrons. The Labute approximate surface area is 315 Å². The first-order valence-electron chi connectivity index (χ1n) is 17.2. The number of rotatable bonds is 12. The molecular weight excluding hydrogens is 710 g/mol. The summed E-state index contributed by atoms with van der Waals surface area (Å²) in [5.74, 6) is -1.87. The van der Waals surface area contributed by atoms with Crippen molar-refractivity contribution in [2.45, 2.75) is 48.7 Å². The van der Waals surface area contributed by atoms with Crippen molar-refractivity contribution in [1.29, 1.82) is 0 Å². The molecule has 0 saturated carbocycles. The average Bonchev–Trinajstić information content (AvgIpc) is 3.54. The number of benzene rings is 4. The van der Waals surface area contributed by atoms with Crippen LogP contribution in [0.25, 0.3) is 6.08 Å². The van der Waals surface area contributed by atoms with Crippen molar-refractivity contribution >= 4 is 63.6 Å². The van der Waals surface area contributed by atoms with Crippen LogP contribution in [0, 0.1) is 5.82 Å². The first kappa shape index (κ1) is 37.2. The minimum Gasteiger partial charge on any atom is -0.465 e. The lowest BCUT2D eigenvalue weighted by atomic mass is 9.83. The topological polar surface area (TPSA) is 114 Å². The van der Waals surface area contributed by atoms with Crippen LogP contribution in [-0.2, 0) is 27.2 Å². The van der Waals surface area contributed by atoms with Crippen LogP contribution in [0.5, 0.6) is 0 Å². The smallest absolute Gasteiger partial charge is 0.341 e. The zero-order chi connectivity index (χ0) is 37.3. The summed E-state index contributed by atoms with van der Waals surface area (Å²) >= 11 is 2.77. The molecule has 1 heterocycles. The van der Waals surface area contributed by atoms with Gasteiger partial charge in [-0.05, 0) is 96.8 Å². The molecule has 0 saturated heterocycles. The first-order valence-corrected chi connectivity index (χ1v) is 18.9. The number of fused-ring (bicyclic) bond motifs is 1. The standard InChI is InChI=1S/C42H38FN3O5S2/c1-3-35(40(49)46-41-37(42(50)51-2)33-22-19-29(24-36(33)53-41)27-11-6-4-7-12-27)52-32-16-10-15-31(25-32)44-39(48)34(23-26-17-20-30(43)21-18-26)45-38(47)28-13-8-5-9-14-28/h4-18,20-21,23,25,29,35H,3,19,22,24H2,1-2H3,(H,44,48)(H,45,47)(H,46,49)/b34-23-. The first-order chi connectivity index (χ1) is 25.7. The number of anilines is 2. The minimum absolute atomic E-state index is 0.0375. The Bertz CT molecular complexity index is 2140. The van der Waals surface area contributed by atoms with E-state index in [4.69, 9.17) is 4.74 Å². The molecule has 8 nitrogen and oxygen atoms in total. The third kappa shape index (κ3) is 9.29. The highest BCUT2D eigenvalue weighted by Gasteiger charge is 2.31. The molecule has 2 unspecified atom stereocenters. The van der Waals surface area contributed by atoms with E-state index in [2.05, 4.69) is 28.1 Å². The van der Waals surface area contributed by atoms with Gasteiger partial charge >= 0.3 is 5.97 Å². The molecule has 0 bridgehead atoms. The van der Waals surface area contributed by atoms with Crippen LogP contribution >= 0.6 is 23.1 Å². The maximum Gasteiger partial charge on any atom is 0.341 e. The SMILES string of the molecule is CCC(Sc1cccc(NC(=O)/C(=C/c2ccc(F)cc2)NC(=O)c2ccccc2)c1)C(=O)Nc1sc2c(c1C(=O)OC)CCC(c1ccccc1)C2. The Morgan fingerprint density at radius 1 is 0.925 bits per heavy atom. The molecule has 3 amide bonds. The fourth-order valence-electron chi connectivity index (χ4n) is 6.19. The van der Waals surface area contributed by atoms with Gasteiger partial charge in [0.25, 0.3) is 11.8 Å². The van der Waals surface area contributed by atoms with E-state index in [9.17, 15) is 23.6 Å². The Kier molecular flexibility index (Phi) is 12.2. The van der Waals surface area contributed by atoms with Gasteiger partial charge in [-0.1, -0.05) is 73.7 Å². The fraction of sp³-hybridized carbons (Fsp3) is 0.190. The zero-order valence-electron chi connectivity index (χ0n) is 29.2. The van der Waals surface area contributed by atoms with Crippen LogP contribution in [0.1, 0.15) is 68.0 Å². The number of carbonyl (C=O) groups excluding carboxylic acids is 4. The number of methoxy groups -OCH3 is 1. The van der Waals surface area contributed by atoms with Gasteiger partial charge in [-0.2, -0.15) is 0 Å². The highest BCUT2D eigenvalue weighted by Crippen LogP contribution is 2.43. The van der Waals surface area contributed by atoms with Gasteiger partial charge < -0.3 is 20.7 Å². The summed E-state index contributed by atoms with van der Waals surface area (Å²) < 4.78 is 18.7. The van der Waals surface area contributed by atoms with Crippen molar-refractivity contribution in [3.05, 3.63) is 153 Å². The third-order valence-corrected chi connectivity index (χ3v) is 11.4. The molecular formula is C42H38FN3O5S2. The number of nitrogens with one attached hydrogen (secondary N) is 3. The second-order valence-electron chi connectivity index (χ2n) is 12.5. The molecule has 4 aromatic carbocycles. The highest BCUT2D eigenvalue weighted by molar-refractivity contribution is 8.00. The number of esters is 1. The molecule has 270 valence electrons. The number of hydrogen-bond acceptors (Lipinski definition) is 7. The van der Waals surface area contributed by atoms with Crippen LogP contribution in [0.15, 0.2) is 120 Å². The van der Waals surface area contributed by atoms with Gasteiger partial charge in [0.2, 0.25) is 5.91 Å². The van der Waals surface area contributed by atoms with Crippen LogP contribution in [-0.4, -0.2) is 36.1 Å². The Balaban J connectivity index is 1.17. The van der Waals surface area contributed by atoms with E-state index in [0.29, 0.717) is 46.1 Å². The summed E-state index contributed by atoms with van der Waals surface area (Å²) in [6.45, 7) is 1.91. The second-order valence-corrected chi connectivity index (χ2v) is 14.8. The molecule has 6 rings (SSSR count). The Hall–Kier alpha value is -5.52. The molecule has 1 aliphatic carbocycles. The summed E-state index contributed by atoms with van der Waals surface area (Å²) in [6, 6.07) is 31.4. The van der Waals surface area contributed by atoms with Gasteiger partial charge in [0.05, 0.1) is 17.9 Å². The van der Waals surface area contributed by atoms with Crippen molar-refractivity contribution in [3.63, 3.8) is 0 Å². The maximum atomic E-state index is 13.8. The second kappa shape index (κ2) is 17.3. The predicted molar refractivity (Wildman–Crippen MR) is 209 cm³/mol. The molecule has 0 spiro atoms. The molecule has 1 aromatic heterocycles. The van der Waals surface area contributed by atoms with Crippen LogP contribution < -0.4 is 16.0 Å². The fourth-order valence-corrected chi connectivity index (χ4v) is 8.53. The maximum absolute atomic E-state index is 13.8. The third-order valence-electron chi connectivity index (χ3n) is 8.91. The largest absolute Gasteiger partial charge is 0.465 e. The van der Waals surface area contributed by atoms with Gasteiger partial charge in [-0.3, -0.25) is 14.4 Å².